The monoisotopic (exact) mass is 806 g/mol. The van der Waals surface area contributed by atoms with Crippen LogP contribution in [0.15, 0.2) is 12.2 Å². The van der Waals surface area contributed by atoms with Gasteiger partial charge >= 0.3 is 0 Å². The van der Waals surface area contributed by atoms with Crippen LogP contribution in [0.4, 0.5) is 0 Å². The van der Waals surface area contributed by atoms with Gasteiger partial charge in [-0.2, -0.15) is 0 Å². The molecule has 4 N–H and O–H groups in total. The molecule has 0 saturated heterocycles. The van der Waals surface area contributed by atoms with E-state index >= 15 is 0 Å². The Kier molecular flexibility index (Phi) is 47.0. The van der Waals surface area contributed by atoms with Gasteiger partial charge in [-0.3, -0.25) is 4.79 Å². The Balaban J connectivity index is 3.55. The Morgan fingerprint density at radius 2 is 0.684 bits per heavy atom. The molecule has 0 fully saturated rings. The zero-order valence-electron chi connectivity index (χ0n) is 38.7. The van der Waals surface area contributed by atoms with E-state index in [0.717, 1.165) is 32.1 Å². The molecule has 0 rings (SSSR count). The van der Waals surface area contributed by atoms with Crippen LogP contribution in [-0.2, 0) is 4.79 Å². The van der Waals surface area contributed by atoms with E-state index in [-0.39, 0.29) is 6.61 Å². The standard InChI is InChI=1S/C52H103NO4/c1-3-5-7-9-11-13-15-17-19-21-23-24-25-26-27-28-29-31-33-35-37-39-41-43-45-47-51(56)52(57)53-49(48-54)50(55)46-44-42-40-38-36-34-32-30-22-20-18-16-14-12-10-8-6-4-2/h44,46,49-51,54-56H,3-43,45,47-48H2,1-2H3,(H,53,57)/b46-44+. The average molecular weight is 806 g/mol. The van der Waals surface area contributed by atoms with Crippen LogP contribution in [0.3, 0.4) is 0 Å². The van der Waals surface area contributed by atoms with Crippen LogP contribution < -0.4 is 5.32 Å². The van der Waals surface area contributed by atoms with Crippen LogP contribution in [0, 0.1) is 0 Å². The van der Waals surface area contributed by atoms with Gasteiger partial charge in [0.1, 0.15) is 6.10 Å². The summed E-state index contributed by atoms with van der Waals surface area (Å²) in [4.78, 5) is 12.5. The van der Waals surface area contributed by atoms with Gasteiger partial charge in [0.05, 0.1) is 18.8 Å². The predicted octanol–water partition coefficient (Wildman–Crippen LogP) is 15.6. The molecule has 0 heterocycles. The lowest BCUT2D eigenvalue weighted by atomic mass is 10.0. The van der Waals surface area contributed by atoms with Crippen molar-refractivity contribution in [2.24, 2.45) is 0 Å². The molecule has 0 aliphatic heterocycles. The molecule has 0 radical (unpaired) electrons. The van der Waals surface area contributed by atoms with Crippen LogP contribution in [-0.4, -0.2) is 46.1 Å². The second kappa shape index (κ2) is 47.8. The number of hydrogen-bond acceptors (Lipinski definition) is 4. The second-order valence-corrected chi connectivity index (χ2v) is 18.1. The first-order valence-corrected chi connectivity index (χ1v) is 26.0. The number of carbonyl (C=O) groups is 1. The number of unbranched alkanes of at least 4 members (excludes halogenated alkanes) is 40. The van der Waals surface area contributed by atoms with Crippen LogP contribution in [0.25, 0.3) is 0 Å². The summed E-state index contributed by atoms with van der Waals surface area (Å²) in [5, 5.41) is 33.3. The first-order valence-electron chi connectivity index (χ1n) is 26.0. The van der Waals surface area contributed by atoms with Gasteiger partial charge in [-0.05, 0) is 19.3 Å². The lowest BCUT2D eigenvalue weighted by Crippen LogP contribution is -2.48. The molecule has 3 atom stereocenters. The summed E-state index contributed by atoms with van der Waals surface area (Å²) in [7, 11) is 0. The van der Waals surface area contributed by atoms with E-state index in [9.17, 15) is 20.1 Å². The maximum atomic E-state index is 12.5. The lowest BCUT2D eigenvalue weighted by Gasteiger charge is -2.21. The number of amides is 1. The topological polar surface area (TPSA) is 89.8 Å². The number of aliphatic hydroxyl groups excluding tert-OH is 3. The van der Waals surface area contributed by atoms with Gasteiger partial charge in [-0.15, -0.1) is 0 Å². The maximum Gasteiger partial charge on any atom is 0.249 e. The fourth-order valence-corrected chi connectivity index (χ4v) is 8.31. The molecule has 0 aromatic carbocycles. The van der Waals surface area contributed by atoms with Gasteiger partial charge in [0, 0.05) is 0 Å². The Morgan fingerprint density at radius 3 is 0.965 bits per heavy atom. The van der Waals surface area contributed by atoms with Crippen molar-refractivity contribution in [2.75, 3.05) is 6.61 Å². The molecule has 5 heteroatoms. The first kappa shape index (κ1) is 56.1. The third-order valence-electron chi connectivity index (χ3n) is 12.4. The molecular formula is C52H103NO4. The first-order chi connectivity index (χ1) is 28.1. The molecule has 0 aliphatic carbocycles. The van der Waals surface area contributed by atoms with Crippen LogP contribution in [0.1, 0.15) is 290 Å². The number of carbonyl (C=O) groups excluding carboxylic acids is 1. The Hall–Kier alpha value is -0.910. The second-order valence-electron chi connectivity index (χ2n) is 18.1. The van der Waals surface area contributed by atoms with Gasteiger partial charge in [-0.25, -0.2) is 0 Å². The Morgan fingerprint density at radius 1 is 0.421 bits per heavy atom. The summed E-state index contributed by atoms with van der Waals surface area (Å²) < 4.78 is 0. The highest BCUT2D eigenvalue weighted by Crippen LogP contribution is 2.17. The van der Waals surface area contributed by atoms with Crippen LogP contribution in [0.2, 0.25) is 0 Å². The van der Waals surface area contributed by atoms with E-state index in [1.54, 1.807) is 6.08 Å². The minimum absolute atomic E-state index is 0.359. The van der Waals surface area contributed by atoms with Crippen molar-refractivity contribution in [1.82, 2.24) is 5.32 Å². The van der Waals surface area contributed by atoms with E-state index in [0.29, 0.717) is 6.42 Å². The van der Waals surface area contributed by atoms with Crippen LogP contribution >= 0.6 is 0 Å². The summed E-state index contributed by atoms with van der Waals surface area (Å²) in [5.41, 5.74) is 0. The molecule has 1 amide bonds. The SMILES string of the molecule is CCCCCCCCCCCCCCCCCC/C=C/C(O)C(CO)NC(=O)C(O)CCCCCCCCCCCCCCCCCCCCCCCCCCC. The molecule has 5 nitrogen and oxygen atoms in total. The zero-order valence-corrected chi connectivity index (χ0v) is 38.7. The maximum absolute atomic E-state index is 12.5. The lowest BCUT2D eigenvalue weighted by molar-refractivity contribution is -0.131. The van der Waals surface area contributed by atoms with E-state index in [2.05, 4.69) is 19.2 Å². The summed E-state index contributed by atoms with van der Waals surface area (Å²) in [5.74, 6) is -0.497. The van der Waals surface area contributed by atoms with Crippen molar-refractivity contribution in [3.05, 3.63) is 12.2 Å². The fourth-order valence-electron chi connectivity index (χ4n) is 8.31. The van der Waals surface area contributed by atoms with E-state index in [1.807, 2.05) is 6.08 Å². The van der Waals surface area contributed by atoms with Crippen molar-refractivity contribution in [1.29, 1.82) is 0 Å². The van der Waals surface area contributed by atoms with Gasteiger partial charge in [0.2, 0.25) is 5.91 Å². The van der Waals surface area contributed by atoms with Gasteiger partial charge < -0.3 is 20.6 Å². The number of rotatable bonds is 48. The third-order valence-corrected chi connectivity index (χ3v) is 12.4. The zero-order chi connectivity index (χ0) is 41.5. The summed E-state index contributed by atoms with van der Waals surface area (Å²) in [6, 6.07) is -0.793. The Labute approximate surface area is 357 Å². The number of allylic oxidation sites excluding steroid dienone is 1. The van der Waals surface area contributed by atoms with Gasteiger partial charge in [-0.1, -0.05) is 283 Å². The molecular weight excluding hydrogens is 703 g/mol. The van der Waals surface area contributed by atoms with Crippen molar-refractivity contribution >= 4 is 5.91 Å². The third kappa shape index (κ3) is 43.0. The molecule has 0 aliphatic rings. The molecule has 0 saturated carbocycles. The highest BCUT2D eigenvalue weighted by molar-refractivity contribution is 5.80. The highest BCUT2D eigenvalue weighted by Gasteiger charge is 2.22. The number of aliphatic hydroxyl groups is 3. The smallest absolute Gasteiger partial charge is 0.249 e. The Bertz CT molecular complexity index is 803. The quantitative estimate of drug-likeness (QED) is 0.0364. The molecule has 57 heavy (non-hydrogen) atoms. The molecule has 0 spiro atoms. The minimum atomic E-state index is -1.09. The van der Waals surface area contributed by atoms with Crippen LogP contribution in [0.5, 0.6) is 0 Å². The number of hydrogen-bond donors (Lipinski definition) is 4. The normalized spacial score (nSPS) is 13.4. The summed E-state index contributed by atoms with van der Waals surface area (Å²) >= 11 is 0. The van der Waals surface area contributed by atoms with Gasteiger partial charge in [0.25, 0.3) is 0 Å². The summed E-state index contributed by atoms with van der Waals surface area (Å²) in [6.45, 7) is 4.22. The van der Waals surface area contributed by atoms with Crippen molar-refractivity contribution in [3.63, 3.8) is 0 Å². The molecule has 0 bridgehead atoms. The van der Waals surface area contributed by atoms with E-state index in [1.165, 1.54) is 238 Å². The molecule has 0 aromatic heterocycles. The molecule has 340 valence electrons. The van der Waals surface area contributed by atoms with Gasteiger partial charge in [0.15, 0.2) is 0 Å². The fraction of sp³-hybridized carbons (Fsp3) is 0.942. The minimum Gasteiger partial charge on any atom is -0.394 e. The average Bonchev–Trinajstić information content (AvgIpc) is 3.22. The highest BCUT2D eigenvalue weighted by atomic mass is 16.3. The molecule has 0 aromatic rings. The van der Waals surface area contributed by atoms with E-state index < -0.39 is 24.2 Å². The number of nitrogens with one attached hydrogen (secondary N) is 1. The summed E-state index contributed by atoms with van der Waals surface area (Å²) in [6.07, 6.45) is 58.4. The van der Waals surface area contributed by atoms with Crippen molar-refractivity contribution in [3.8, 4) is 0 Å². The van der Waals surface area contributed by atoms with E-state index in [4.69, 9.17) is 0 Å². The molecule has 3 unspecified atom stereocenters. The predicted molar refractivity (Wildman–Crippen MR) is 250 cm³/mol. The van der Waals surface area contributed by atoms with Crippen molar-refractivity contribution < 1.29 is 20.1 Å². The van der Waals surface area contributed by atoms with Crippen molar-refractivity contribution in [2.45, 2.75) is 308 Å². The largest absolute Gasteiger partial charge is 0.394 e.